The first-order valence-electron chi connectivity index (χ1n) is 4.02. The Morgan fingerprint density at radius 3 is 3.07 bits per heavy atom. The van der Waals surface area contributed by atoms with E-state index in [1.165, 1.54) is 17.7 Å². The van der Waals surface area contributed by atoms with Crippen molar-refractivity contribution in [1.29, 1.82) is 0 Å². The molecule has 0 saturated carbocycles. The minimum Gasteiger partial charge on any atom is -0.302 e. The molecule has 0 atom stereocenters. The minimum atomic E-state index is -0.889. The maximum absolute atomic E-state index is 11.4. The minimum absolute atomic E-state index is 0.153. The van der Waals surface area contributed by atoms with Gasteiger partial charge in [0.15, 0.2) is 5.65 Å². The molecule has 0 aliphatic carbocycles. The molecule has 1 amide bonds. The van der Waals surface area contributed by atoms with Gasteiger partial charge in [-0.15, -0.1) is 0 Å². The van der Waals surface area contributed by atoms with E-state index >= 15 is 0 Å². The van der Waals surface area contributed by atoms with E-state index in [1.807, 2.05) is 0 Å². The number of rotatable bonds is 1. The van der Waals surface area contributed by atoms with Crippen LogP contribution in [0.5, 0.6) is 0 Å². The standard InChI is InChI=1S/C8H6N4O3/c13-7-4-2-1-3-9-5(4)10-6(11-7)8(14)12-15/h1-3,15H,(H,12,14)(H,9,10,11,13). The molecule has 2 rings (SSSR count). The molecular formula is C8H6N4O3. The topological polar surface area (TPSA) is 108 Å². The average molecular weight is 206 g/mol. The van der Waals surface area contributed by atoms with Crippen molar-refractivity contribution in [2.45, 2.75) is 0 Å². The van der Waals surface area contributed by atoms with Gasteiger partial charge in [-0.1, -0.05) is 0 Å². The first-order valence-corrected chi connectivity index (χ1v) is 4.02. The van der Waals surface area contributed by atoms with Gasteiger partial charge >= 0.3 is 5.91 Å². The van der Waals surface area contributed by atoms with Crippen LogP contribution in [-0.2, 0) is 0 Å². The lowest BCUT2D eigenvalue weighted by Gasteiger charge is -1.99. The van der Waals surface area contributed by atoms with E-state index in [1.54, 1.807) is 6.07 Å². The van der Waals surface area contributed by atoms with E-state index in [9.17, 15) is 9.59 Å². The van der Waals surface area contributed by atoms with Crippen LogP contribution in [0.25, 0.3) is 11.0 Å². The number of nitrogens with zero attached hydrogens (tertiary/aromatic N) is 2. The Morgan fingerprint density at radius 1 is 1.53 bits per heavy atom. The molecule has 0 aliphatic heterocycles. The summed E-state index contributed by atoms with van der Waals surface area (Å²) in [6.07, 6.45) is 1.45. The number of hydrogen-bond acceptors (Lipinski definition) is 5. The molecule has 2 aromatic rings. The summed E-state index contributed by atoms with van der Waals surface area (Å²) < 4.78 is 0. The maximum Gasteiger partial charge on any atom is 0.310 e. The van der Waals surface area contributed by atoms with Gasteiger partial charge in [-0.3, -0.25) is 14.8 Å². The summed E-state index contributed by atoms with van der Waals surface area (Å²) in [6.45, 7) is 0. The lowest BCUT2D eigenvalue weighted by molar-refractivity contribution is 0.0694. The Kier molecular flexibility index (Phi) is 2.14. The van der Waals surface area contributed by atoms with Gasteiger partial charge in [0.2, 0.25) is 5.82 Å². The van der Waals surface area contributed by atoms with Crippen LogP contribution in [0.2, 0.25) is 0 Å². The normalized spacial score (nSPS) is 10.2. The zero-order valence-corrected chi connectivity index (χ0v) is 7.39. The zero-order valence-electron chi connectivity index (χ0n) is 7.39. The van der Waals surface area contributed by atoms with Gasteiger partial charge in [0.1, 0.15) is 0 Å². The summed E-state index contributed by atoms with van der Waals surface area (Å²) in [7, 11) is 0. The highest BCUT2D eigenvalue weighted by atomic mass is 16.5. The molecule has 3 N–H and O–H groups in total. The number of hydroxylamine groups is 1. The van der Waals surface area contributed by atoms with Crippen LogP contribution in [-0.4, -0.2) is 26.1 Å². The van der Waals surface area contributed by atoms with Crippen molar-refractivity contribution in [2.75, 3.05) is 0 Å². The number of pyridine rings is 1. The molecule has 0 unspecified atom stereocenters. The van der Waals surface area contributed by atoms with E-state index in [0.717, 1.165) is 0 Å². The number of nitrogens with one attached hydrogen (secondary N) is 2. The molecule has 0 aromatic carbocycles. The molecule has 0 fully saturated rings. The Hall–Kier alpha value is -2.28. The highest BCUT2D eigenvalue weighted by Gasteiger charge is 2.10. The molecular weight excluding hydrogens is 200 g/mol. The molecule has 0 bridgehead atoms. The fourth-order valence-corrected chi connectivity index (χ4v) is 1.13. The van der Waals surface area contributed by atoms with Crippen LogP contribution in [0.3, 0.4) is 0 Å². The van der Waals surface area contributed by atoms with Crippen LogP contribution in [0.15, 0.2) is 23.1 Å². The van der Waals surface area contributed by atoms with Gasteiger partial charge in [-0.05, 0) is 12.1 Å². The maximum atomic E-state index is 11.4. The molecule has 2 aromatic heterocycles. The second kappa shape index (κ2) is 3.46. The molecule has 15 heavy (non-hydrogen) atoms. The van der Waals surface area contributed by atoms with Crippen molar-refractivity contribution in [3.05, 3.63) is 34.5 Å². The van der Waals surface area contributed by atoms with Crippen molar-refractivity contribution in [2.24, 2.45) is 0 Å². The Morgan fingerprint density at radius 2 is 2.33 bits per heavy atom. The van der Waals surface area contributed by atoms with Crippen LogP contribution in [0, 0.1) is 0 Å². The third-order valence-electron chi connectivity index (χ3n) is 1.80. The predicted octanol–water partition coefficient (Wildman–Crippen LogP) is -0.563. The quantitative estimate of drug-likeness (QED) is 0.428. The number of hydrogen-bond donors (Lipinski definition) is 3. The number of amides is 1. The fraction of sp³-hybridized carbons (Fsp3) is 0. The molecule has 0 spiro atoms. The number of carbonyl (C=O) groups is 1. The Bertz CT molecular complexity index is 577. The molecule has 7 nitrogen and oxygen atoms in total. The van der Waals surface area contributed by atoms with Crippen molar-refractivity contribution >= 4 is 16.9 Å². The Balaban J connectivity index is 2.73. The lowest BCUT2D eigenvalue weighted by Crippen LogP contribution is -2.25. The van der Waals surface area contributed by atoms with Crippen LogP contribution >= 0.6 is 0 Å². The van der Waals surface area contributed by atoms with E-state index in [2.05, 4.69) is 15.0 Å². The van der Waals surface area contributed by atoms with Crippen LogP contribution < -0.4 is 11.0 Å². The van der Waals surface area contributed by atoms with Crippen molar-refractivity contribution < 1.29 is 10.0 Å². The molecule has 2 heterocycles. The monoisotopic (exact) mass is 206 g/mol. The van der Waals surface area contributed by atoms with E-state index in [0.29, 0.717) is 0 Å². The first kappa shape index (κ1) is 9.28. The number of aromatic amines is 1. The van der Waals surface area contributed by atoms with Gasteiger partial charge in [0, 0.05) is 6.20 Å². The largest absolute Gasteiger partial charge is 0.310 e. The fourth-order valence-electron chi connectivity index (χ4n) is 1.13. The Labute approximate surface area is 82.8 Å². The van der Waals surface area contributed by atoms with E-state index in [4.69, 9.17) is 5.21 Å². The second-order valence-electron chi connectivity index (χ2n) is 2.73. The summed E-state index contributed by atoms with van der Waals surface area (Å²) >= 11 is 0. The summed E-state index contributed by atoms with van der Waals surface area (Å²) in [5.74, 6) is -1.17. The SMILES string of the molecule is O=C(NO)c1nc2ncccc2c(=O)[nH]1. The van der Waals surface area contributed by atoms with Crippen molar-refractivity contribution in [1.82, 2.24) is 20.4 Å². The number of aromatic nitrogens is 3. The predicted molar refractivity (Wildman–Crippen MR) is 49.4 cm³/mol. The highest BCUT2D eigenvalue weighted by Crippen LogP contribution is 2.01. The molecule has 76 valence electrons. The molecule has 0 aliphatic rings. The summed E-state index contributed by atoms with van der Waals surface area (Å²) in [6, 6.07) is 3.12. The average Bonchev–Trinajstić information content (AvgIpc) is 2.28. The number of fused-ring (bicyclic) bond motifs is 1. The molecule has 0 radical (unpaired) electrons. The number of H-pyrrole nitrogens is 1. The van der Waals surface area contributed by atoms with Gasteiger partial charge < -0.3 is 4.98 Å². The van der Waals surface area contributed by atoms with Crippen molar-refractivity contribution in [3.63, 3.8) is 0 Å². The third-order valence-corrected chi connectivity index (χ3v) is 1.80. The van der Waals surface area contributed by atoms with E-state index < -0.39 is 11.5 Å². The van der Waals surface area contributed by atoms with Crippen LogP contribution in [0.4, 0.5) is 0 Å². The molecule has 7 heteroatoms. The summed E-state index contributed by atoms with van der Waals surface area (Å²) in [5.41, 5.74) is 1.05. The molecule has 0 saturated heterocycles. The highest BCUT2D eigenvalue weighted by molar-refractivity contribution is 5.91. The summed E-state index contributed by atoms with van der Waals surface area (Å²) in [4.78, 5) is 32.2. The second-order valence-corrected chi connectivity index (χ2v) is 2.73. The van der Waals surface area contributed by atoms with Crippen LogP contribution in [0.1, 0.15) is 10.6 Å². The zero-order chi connectivity index (χ0) is 10.8. The lowest BCUT2D eigenvalue weighted by atomic mass is 10.3. The van der Waals surface area contributed by atoms with Gasteiger partial charge in [-0.25, -0.2) is 15.4 Å². The smallest absolute Gasteiger partial charge is 0.302 e. The van der Waals surface area contributed by atoms with Gasteiger partial charge in [0.05, 0.1) is 5.39 Å². The van der Waals surface area contributed by atoms with Gasteiger partial charge in [-0.2, -0.15) is 0 Å². The number of carbonyl (C=O) groups excluding carboxylic acids is 1. The van der Waals surface area contributed by atoms with E-state index in [-0.39, 0.29) is 16.9 Å². The van der Waals surface area contributed by atoms with Gasteiger partial charge in [0.25, 0.3) is 5.56 Å². The van der Waals surface area contributed by atoms with Crippen molar-refractivity contribution in [3.8, 4) is 0 Å². The first-order chi connectivity index (χ1) is 7.22. The third kappa shape index (κ3) is 1.55. The summed E-state index contributed by atoms with van der Waals surface area (Å²) in [5, 5.41) is 8.65.